The number of carbonyl (C=O) groups is 2. The summed E-state index contributed by atoms with van der Waals surface area (Å²) in [4.78, 5) is 21.0. The molecule has 0 aliphatic rings. The third-order valence-electron chi connectivity index (χ3n) is 1.62. The van der Waals surface area contributed by atoms with Crippen LogP contribution in [0.15, 0.2) is 12.1 Å². The van der Waals surface area contributed by atoms with E-state index in [1.54, 1.807) is 0 Å². The normalized spacial score (nSPS) is 9.80. The number of hydrogen-bond acceptors (Lipinski definition) is 2. The Labute approximate surface area is 83.5 Å². The second-order valence-electron chi connectivity index (χ2n) is 2.77. The zero-order valence-corrected chi connectivity index (χ0v) is 7.67. The molecule has 0 heterocycles. The fourth-order valence-electron chi connectivity index (χ4n) is 1.00. The van der Waals surface area contributed by atoms with Gasteiger partial charge in [-0.3, -0.25) is 4.79 Å². The molecule has 4 nitrogen and oxygen atoms in total. The van der Waals surface area contributed by atoms with Crippen molar-refractivity contribution in [2.45, 2.75) is 6.92 Å². The van der Waals surface area contributed by atoms with Crippen molar-refractivity contribution in [1.82, 2.24) is 0 Å². The number of carboxylic acid groups (broad SMARTS) is 1. The van der Waals surface area contributed by atoms with Crippen LogP contribution in [0.5, 0.6) is 0 Å². The van der Waals surface area contributed by atoms with E-state index in [2.05, 4.69) is 0 Å². The van der Waals surface area contributed by atoms with Crippen LogP contribution >= 0.6 is 0 Å². The van der Waals surface area contributed by atoms with Crippen molar-refractivity contribution >= 4 is 17.6 Å². The summed E-state index contributed by atoms with van der Waals surface area (Å²) >= 11 is 0. The minimum absolute atomic E-state index is 0.384. The summed E-state index contributed by atoms with van der Waals surface area (Å²) in [6.07, 6.45) is 0. The van der Waals surface area contributed by atoms with Crippen LogP contribution in [-0.2, 0) is 4.79 Å². The quantitative estimate of drug-likeness (QED) is 0.787. The van der Waals surface area contributed by atoms with Crippen LogP contribution in [0.4, 0.5) is 14.5 Å². The molecule has 1 rings (SSSR count). The smallest absolute Gasteiger partial charge is 0.338 e. The summed E-state index contributed by atoms with van der Waals surface area (Å²) in [5.41, 5.74) is -1.16. The summed E-state index contributed by atoms with van der Waals surface area (Å²) in [5, 5.41) is 10.5. The zero-order chi connectivity index (χ0) is 11.6. The van der Waals surface area contributed by atoms with E-state index >= 15 is 0 Å². The van der Waals surface area contributed by atoms with Gasteiger partial charge in [0.05, 0.1) is 11.3 Å². The van der Waals surface area contributed by atoms with Crippen molar-refractivity contribution in [3.63, 3.8) is 0 Å². The Morgan fingerprint density at radius 3 is 2.33 bits per heavy atom. The van der Waals surface area contributed by atoms with E-state index in [4.69, 9.17) is 5.11 Å². The van der Waals surface area contributed by atoms with Crippen molar-refractivity contribution in [1.29, 1.82) is 0 Å². The lowest BCUT2D eigenvalue weighted by Gasteiger charge is -2.05. The number of carbonyl (C=O) groups excluding carboxylic acids is 1. The number of benzene rings is 1. The highest BCUT2D eigenvalue weighted by Crippen LogP contribution is 2.20. The van der Waals surface area contributed by atoms with Crippen LogP contribution in [-0.4, -0.2) is 17.0 Å². The molecule has 0 saturated carbocycles. The van der Waals surface area contributed by atoms with Gasteiger partial charge in [-0.1, -0.05) is 0 Å². The van der Waals surface area contributed by atoms with Gasteiger partial charge in [-0.25, -0.2) is 13.6 Å². The highest BCUT2D eigenvalue weighted by Gasteiger charge is 2.18. The number of aromatic carboxylic acids is 1. The van der Waals surface area contributed by atoms with Crippen LogP contribution < -0.4 is 5.32 Å². The minimum Gasteiger partial charge on any atom is -0.478 e. The molecule has 15 heavy (non-hydrogen) atoms. The summed E-state index contributed by atoms with van der Waals surface area (Å²) in [6, 6.07) is 1.87. The van der Waals surface area contributed by atoms with Gasteiger partial charge < -0.3 is 10.4 Å². The Morgan fingerprint density at radius 2 is 1.87 bits per heavy atom. The molecule has 0 unspecified atom stereocenters. The van der Waals surface area contributed by atoms with Gasteiger partial charge in [0.15, 0.2) is 11.6 Å². The Balaban J connectivity index is 3.21. The molecular weight excluding hydrogens is 208 g/mol. The van der Waals surface area contributed by atoms with Crippen LogP contribution in [0.25, 0.3) is 0 Å². The number of amides is 1. The van der Waals surface area contributed by atoms with E-state index in [-0.39, 0.29) is 5.69 Å². The standard InChI is InChI=1S/C9H7F2NO3/c1-4(13)12-6-3-2-5(9(14)15)7(10)8(6)11/h2-3H,1H3,(H,12,13)(H,14,15). The van der Waals surface area contributed by atoms with E-state index in [1.165, 1.54) is 0 Å². The SMILES string of the molecule is CC(=O)Nc1ccc(C(=O)O)c(F)c1F. The molecule has 1 aromatic carbocycles. The van der Waals surface area contributed by atoms with Crippen molar-refractivity contribution in [2.75, 3.05) is 5.32 Å². The lowest BCUT2D eigenvalue weighted by atomic mass is 10.2. The minimum atomic E-state index is -1.57. The second-order valence-corrected chi connectivity index (χ2v) is 2.77. The number of carboxylic acids is 1. The van der Waals surface area contributed by atoms with Crippen LogP contribution in [0, 0.1) is 11.6 Å². The molecule has 0 atom stereocenters. The molecule has 0 saturated heterocycles. The van der Waals surface area contributed by atoms with Crippen LogP contribution in [0.3, 0.4) is 0 Å². The van der Waals surface area contributed by atoms with E-state index in [0.29, 0.717) is 0 Å². The van der Waals surface area contributed by atoms with Gasteiger partial charge in [-0.2, -0.15) is 0 Å². The lowest BCUT2D eigenvalue weighted by molar-refractivity contribution is -0.114. The lowest BCUT2D eigenvalue weighted by Crippen LogP contribution is -2.10. The molecule has 80 valence electrons. The molecule has 0 spiro atoms. The number of halogens is 2. The zero-order valence-electron chi connectivity index (χ0n) is 7.67. The van der Waals surface area contributed by atoms with Gasteiger partial charge in [-0.15, -0.1) is 0 Å². The summed E-state index contributed by atoms with van der Waals surface area (Å²) < 4.78 is 26.2. The highest BCUT2D eigenvalue weighted by molar-refractivity contribution is 5.91. The average molecular weight is 215 g/mol. The van der Waals surface area contributed by atoms with Gasteiger partial charge in [0.1, 0.15) is 0 Å². The van der Waals surface area contributed by atoms with Gasteiger partial charge in [0.25, 0.3) is 0 Å². The molecule has 1 amide bonds. The van der Waals surface area contributed by atoms with Gasteiger partial charge >= 0.3 is 5.97 Å². The topological polar surface area (TPSA) is 66.4 Å². The monoisotopic (exact) mass is 215 g/mol. The summed E-state index contributed by atoms with van der Waals surface area (Å²) in [5.74, 6) is -5.02. The van der Waals surface area contributed by atoms with Crippen LogP contribution in [0.2, 0.25) is 0 Å². The first kappa shape index (κ1) is 11.1. The molecular formula is C9H7F2NO3. The van der Waals surface area contributed by atoms with E-state index in [0.717, 1.165) is 19.1 Å². The Hall–Kier alpha value is -1.98. The summed E-state index contributed by atoms with van der Waals surface area (Å²) in [6.45, 7) is 1.13. The predicted octanol–water partition coefficient (Wildman–Crippen LogP) is 1.62. The molecule has 0 radical (unpaired) electrons. The first-order valence-corrected chi connectivity index (χ1v) is 3.92. The first-order chi connectivity index (χ1) is 6.93. The average Bonchev–Trinajstić information content (AvgIpc) is 2.12. The molecule has 0 aromatic heterocycles. The molecule has 2 N–H and O–H groups in total. The van der Waals surface area contributed by atoms with Crippen molar-refractivity contribution in [3.05, 3.63) is 29.3 Å². The molecule has 6 heteroatoms. The van der Waals surface area contributed by atoms with Gasteiger partial charge in [0.2, 0.25) is 5.91 Å². The van der Waals surface area contributed by atoms with E-state index in [1.807, 2.05) is 5.32 Å². The van der Waals surface area contributed by atoms with Crippen molar-refractivity contribution < 1.29 is 23.5 Å². The second kappa shape index (κ2) is 4.04. The molecule has 1 aromatic rings. The number of anilines is 1. The maximum atomic E-state index is 13.1. The maximum absolute atomic E-state index is 13.1. The molecule has 0 aliphatic carbocycles. The molecule has 0 bridgehead atoms. The Bertz CT molecular complexity index is 432. The van der Waals surface area contributed by atoms with Crippen molar-refractivity contribution in [2.24, 2.45) is 0 Å². The van der Waals surface area contributed by atoms with E-state index in [9.17, 15) is 18.4 Å². The Morgan fingerprint density at radius 1 is 1.27 bits per heavy atom. The Kier molecular flexibility index (Phi) is 2.99. The van der Waals surface area contributed by atoms with Crippen molar-refractivity contribution in [3.8, 4) is 0 Å². The number of hydrogen-bond donors (Lipinski definition) is 2. The van der Waals surface area contributed by atoms with Gasteiger partial charge in [-0.05, 0) is 12.1 Å². The summed E-state index contributed by atoms with van der Waals surface area (Å²) in [7, 11) is 0. The number of rotatable bonds is 2. The fraction of sp³-hybridized carbons (Fsp3) is 0.111. The maximum Gasteiger partial charge on any atom is 0.338 e. The highest BCUT2D eigenvalue weighted by atomic mass is 19.2. The number of nitrogens with one attached hydrogen (secondary N) is 1. The van der Waals surface area contributed by atoms with E-state index < -0.39 is 29.1 Å². The molecule has 0 fully saturated rings. The largest absolute Gasteiger partial charge is 0.478 e. The van der Waals surface area contributed by atoms with Gasteiger partial charge in [0, 0.05) is 6.92 Å². The van der Waals surface area contributed by atoms with Crippen LogP contribution in [0.1, 0.15) is 17.3 Å². The fourth-order valence-corrected chi connectivity index (χ4v) is 1.00. The molecule has 0 aliphatic heterocycles. The third-order valence-corrected chi connectivity index (χ3v) is 1.62. The third kappa shape index (κ3) is 2.28. The predicted molar refractivity (Wildman–Crippen MR) is 47.6 cm³/mol. The first-order valence-electron chi connectivity index (χ1n) is 3.92.